The topological polar surface area (TPSA) is 125 Å². The van der Waals surface area contributed by atoms with Crippen molar-refractivity contribution in [3.63, 3.8) is 0 Å². The molecule has 4 rings (SSSR count). The van der Waals surface area contributed by atoms with Crippen LogP contribution in [-0.4, -0.2) is 34.2 Å². The van der Waals surface area contributed by atoms with Crippen LogP contribution in [0.5, 0.6) is 0 Å². The second-order valence-electron chi connectivity index (χ2n) is 5.02. The molecule has 0 aliphatic rings. The van der Waals surface area contributed by atoms with Crippen LogP contribution < -0.4 is 11.5 Å². The first-order chi connectivity index (χ1) is 10.6. The first-order valence-electron chi connectivity index (χ1n) is 6.64. The van der Waals surface area contributed by atoms with Crippen LogP contribution in [0.2, 0.25) is 0 Å². The van der Waals surface area contributed by atoms with Gasteiger partial charge in [0.2, 0.25) is 5.82 Å². The van der Waals surface area contributed by atoms with Gasteiger partial charge in [0, 0.05) is 5.69 Å². The number of fused-ring (bicyclic) bond motifs is 2. The fourth-order valence-electron chi connectivity index (χ4n) is 2.46. The summed E-state index contributed by atoms with van der Waals surface area (Å²) in [6, 6.07) is 3.82. The van der Waals surface area contributed by atoms with Gasteiger partial charge in [-0.15, -0.1) is 5.10 Å². The van der Waals surface area contributed by atoms with Crippen LogP contribution in [0.15, 0.2) is 18.5 Å². The van der Waals surface area contributed by atoms with Crippen LogP contribution in [0.3, 0.4) is 0 Å². The third-order valence-electron chi connectivity index (χ3n) is 3.61. The number of aryl methyl sites for hydroxylation is 2. The molecule has 0 bridgehead atoms. The molecule has 22 heavy (non-hydrogen) atoms. The molecule has 9 heteroatoms. The summed E-state index contributed by atoms with van der Waals surface area (Å²) < 4.78 is 3.36. The van der Waals surface area contributed by atoms with E-state index < -0.39 is 0 Å². The highest BCUT2D eigenvalue weighted by Gasteiger charge is 2.18. The number of hydrogen-bond donors (Lipinski definition) is 2. The molecule has 9 nitrogen and oxygen atoms in total. The first-order valence-corrected chi connectivity index (χ1v) is 6.64. The zero-order chi connectivity index (χ0) is 15.4. The number of imidazole rings is 1. The van der Waals surface area contributed by atoms with Gasteiger partial charge in [-0.05, 0) is 26.0 Å². The van der Waals surface area contributed by atoms with Crippen LogP contribution in [-0.2, 0) is 0 Å². The first kappa shape index (κ1) is 12.5. The zero-order valence-electron chi connectivity index (χ0n) is 12.0. The summed E-state index contributed by atoms with van der Waals surface area (Å²) >= 11 is 0. The molecule has 4 aromatic rings. The van der Waals surface area contributed by atoms with E-state index in [1.807, 2.05) is 26.0 Å². The Morgan fingerprint density at radius 2 is 1.82 bits per heavy atom. The fraction of sp³-hybridized carbons (Fsp3) is 0.154. The molecule has 0 spiro atoms. The lowest BCUT2D eigenvalue weighted by Crippen LogP contribution is -2.05. The van der Waals surface area contributed by atoms with E-state index >= 15 is 0 Å². The van der Waals surface area contributed by atoms with E-state index in [4.69, 9.17) is 11.5 Å². The van der Waals surface area contributed by atoms with Crippen LogP contribution in [0.1, 0.15) is 11.4 Å². The molecule has 0 atom stereocenters. The van der Waals surface area contributed by atoms with Crippen molar-refractivity contribution < 1.29 is 0 Å². The van der Waals surface area contributed by atoms with Crippen molar-refractivity contribution in [2.45, 2.75) is 13.8 Å². The van der Waals surface area contributed by atoms with Gasteiger partial charge in [-0.25, -0.2) is 24.0 Å². The predicted molar refractivity (Wildman–Crippen MR) is 81.1 cm³/mol. The molecule has 0 saturated carbocycles. The standard InChI is InChI=1S/C13H13N9/c1-6-3-4-8-10(14)19-12(20-21(6)8)9-7(2)22-13(18-9)11(15)16-5-17-22/h3-5H,1-2H3,(H2,14,19,20)(H2,15,16,17). The summed E-state index contributed by atoms with van der Waals surface area (Å²) in [6.45, 7) is 3.82. The van der Waals surface area contributed by atoms with Gasteiger partial charge in [-0.2, -0.15) is 5.10 Å². The van der Waals surface area contributed by atoms with Crippen molar-refractivity contribution >= 4 is 22.8 Å². The van der Waals surface area contributed by atoms with Crippen molar-refractivity contribution in [2.24, 2.45) is 0 Å². The van der Waals surface area contributed by atoms with Crippen LogP contribution >= 0.6 is 0 Å². The van der Waals surface area contributed by atoms with E-state index in [1.54, 1.807) is 9.03 Å². The molecule has 110 valence electrons. The molecule has 4 N–H and O–H groups in total. The molecule has 4 aromatic heterocycles. The second-order valence-corrected chi connectivity index (χ2v) is 5.02. The molecular weight excluding hydrogens is 282 g/mol. The highest BCUT2D eigenvalue weighted by atomic mass is 15.3. The molecule has 4 heterocycles. The lowest BCUT2D eigenvalue weighted by Gasteiger charge is -2.03. The molecule has 0 aromatic carbocycles. The van der Waals surface area contributed by atoms with Gasteiger partial charge in [0.15, 0.2) is 17.3 Å². The normalized spacial score (nSPS) is 11.5. The van der Waals surface area contributed by atoms with Crippen molar-refractivity contribution in [3.05, 3.63) is 29.8 Å². The van der Waals surface area contributed by atoms with Gasteiger partial charge in [0.25, 0.3) is 0 Å². The van der Waals surface area contributed by atoms with Gasteiger partial charge < -0.3 is 11.5 Å². The quantitative estimate of drug-likeness (QED) is 0.527. The van der Waals surface area contributed by atoms with E-state index in [0.29, 0.717) is 28.8 Å². The fourth-order valence-corrected chi connectivity index (χ4v) is 2.46. The Bertz CT molecular complexity index is 1030. The van der Waals surface area contributed by atoms with E-state index in [1.165, 1.54) is 6.33 Å². The Morgan fingerprint density at radius 1 is 1.00 bits per heavy atom. The van der Waals surface area contributed by atoms with Crippen molar-refractivity contribution in [1.29, 1.82) is 0 Å². The highest BCUT2D eigenvalue weighted by Crippen LogP contribution is 2.24. The van der Waals surface area contributed by atoms with Gasteiger partial charge in [0.1, 0.15) is 17.5 Å². The Labute approximate surface area is 124 Å². The Kier molecular flexibility index (Phi) is 2.35. The summed E-state index contributed by atoms with van der Waals surface area (Å²) in [4.78, 5) is 12.8. The van der Waals surface area contributed by atoms with Gasteiger partial charge in [-0.3, -0.25) is 0 Å². The third-order valence-corrected chi connectivity index (χ3v) is 3.61. The Hall–Kier alpha value is -3.23. The van der Waals surface area contributed by atoms with Gasteiger partial charge in [-0.1, -0.05) is 0 Å². The lowest BCUT2D eigenvalue weighted by molar-refractivity contribution is 0.864. The summed E-state index contributed by atoms with van der Waals surface area (Å²) in [5, 5.41) is 8.66. The predicted octanol–water partition coefficient (Wildman–Crippen LogP) is 0.615. The summed E-state index contributed by atoms with van der Waals surface area (Å²) in [5.41, 5.74) is 15.4. The third kappa shape index (κ3) is 1.56. The molecule has 0 saturated heterocycles. The van der Waals surface area contributed by atoms with E-state index in [2.05, 4.69) is 25.1 Å². The summed E-state index contributed by atoms with van der Waals surface area (Å²) in [7, 11) is 0. The average molecular weight is 295 g/mol. The average Bonchev–Trinajstić information content (AvgIpc) is 3.03. The Morgan fingerprint density at radius 3 is 2.59 bits per heavy atom. The maximum atomic E-state index is 6.02. The minimum Gasteiger partial charge on any atom is -0.382 e. The van der Waals surface area contributed by atoms with Gasteiger partial charge in [0.05, 0.1) is 5.69 Å². The molecular formula is C13H13N9. The SMILES string of the molecule is Cc1ccc2c(N)nc(-c3nc4c(N)ncnn4c3C)nn12. The molecule has 0 unspecified atom stereocenters. The smallest absolute Gasteiger partial charge is 0.202 e. The maximum Gasteiger partial charge on any atom is 0.202 e. The Balaban J connectivity index is 2.05. The number of nitrogen functional groups attached to an aromatic ring is 2. The minimum absolute atomic E-state index is 0.301. The van der Waals surface area contributed by atoms with Gasteiger partial charge >= 0.3 is 0 Å². The second kappa shape index (κ2) is 4.13. The number of nitrogens with two attached hydrogens (primary N) is 2. The molecule has 0 amide bonds. The van der Waals surface area contributed by atoms with E-state index in [9.17, 15) is 0 Å². The van der Waals surface area contributed by atoms with Crippen molar-refractivity contribution in [2.75, 3.05) is 11.5 Å². The lowest BCUT2D eigenvalue weighted by atomic mass is 10.3. The minimum atomic E-state index is 0.301. The molecule has 0 aliphatic heterocycles. The number of hydrogen-bond acceptors (Lipinski definition) is 7. The number of nitrogens with zero attached hydrogens (tertiary/aromatic N) is 7. The van der Waals surface area contributed by atoms with E-state index in [0.717, 1.165) is 16.9 Å². The monoisotopic (exact) mass is 295 g/mol. The van der Waals surface area contributed by atoms with Crippen LogP contribution in [0.25, 0.3) is 22.7 Å². The number of rotatable bonds is 1. The number of aromatic nitrogens is 7. The summed E-state index contributed by atoms with van der Waals surface area (Å²) in [6.07, 6.45) is 1.38. The van der Waals surface area contributed by atoms with E-state index in [-0.39, 0.29) is 0 Å². The number of anilines is 2. The van der Waals surface area contributed by atoms with Crippen molar-refractivity contribution in [1.82, 2.24) is 34.2 Å². The van der Waals surface area contributed by atoms with Crippen LogP contribution in [0.4, 0.5) is 11.6 Å². The molecule has 0 fully saturated rings. The van der Waals surface area contributed by atoms with Crippen LogP contribution in [0, 0.1) is 13.8 Å². The largest absolute Gasteiger partial charge is 0.382 e. The summed E-state index contributed by atoms with van der Waals surface area (Å²) in [5.74, 6) is 1.12. The highest BCUT2D eigenvalue weighted by molar-refractivity contribution is 5.71. The maximum absolute atomic E-state index is 6.02. The molecule has 0 radical (unpaired) electrons. The van der Waals surface area contributed by atoms with Crippen molar-refractivity contribution in [3.8, 4) is 11.5 Å². The zero-order valence-corrected chi connectivity index (χ0v) is 12.0. The molecule has 0 aliphatic carbocycles.